The number of methoxy groups -OCH3 is 1. The highest BCUT2D eigenvalue weighted by molar-refractivity contribution is 5.79. The molecule has 5 heteroatoms. The number of benzene rings is 1. The van der Waals surface area contributed by atoms with E-state index in [-0.39, 0.29) is 0 Å². The number of nitrogens with one attached hydrogen (secondary N) is 2. The number of piperidine rings is 1. The summed E-state index contributed by atoms with van der Waals surface area (Å²) in [6.07, 6.45) is 4.83. The Hall–Kier alpha value is -1.59. The molecule has 0 amide bonds. The van der Waals surface area contributed by atoms with Crippen molar-refractivity contribution in [1.82, 2.24) is 15.5 Å². The van der Waals surface area contributed by atoms with Gasteiger partial charge >= 0.3 is 0 Å². The third-order valence-electron chi connectivity index (χ3n) is 4.60. The molecule has 140 valence electrons. The fraction of sp³-hybridized carbons (Fsp3) is 0.650. The molecule has 5 nitrogen and oxygen atoms in total. The van der Waals surface area contributed by atoms with Gasteiger partial charge in [-0.15, -0.1) is 0 Å². The molecule has 1 atom stereocenters. The Morgan fingerprint density at radius 1 is 1.24 bits per heavy atom. The van der Waals surface area contributed by atoms with Crippen LogP contribution < -0.4 is 10.6 Å². The largest absolute Gasteiger partial charge is 0.385 e. The average Bonchev–Trinajstić information content (AvgIpc) is 2.65. The summed E-state index contributed by atoms with van der Waals surface area (Å²) in [5.41, 5.74) is 1.39. The van der Waals surface area contributed by atoms with E-state index >= 15 is 0 Å². The minimum Gasteiger partial charge on any atom is -0.385 e. The van der Waals surface area contributed by atoms with Gasteiger partial charge in [0.05, 0.1) is 6.54 Å². The van der Waals surface area contributed by atoms with Crippen LogP contribution in [0.4, 0.5) is 0 Å². The highest BCUT2D eigenvalue weighted by Crippen LogP contribution is 2.19. The van der Waals surface area contributed by atoms with E-state index in [0.717, 1.165) is 45.2 Å². The van der Waals surface area contributed by atoms with E-state index in [1.807, 2.05) is 0 Å². The zero-order valence-corrected chi connectivity index (χ0v) is 15.8. The second-order valence-electron chi connectivity index (χ2n) is 6.60. The Morgan fingerprint density at radius 3 is 2.84 bits per heavy atom. The Bertz CT molecular complexity index is 492. The average molecular weight is 347 g/mol. The molecule has 1 aliphatic rings. The van der Waals surface area contributed by atoms with Crippen molar-refractivity contribution in [3.63, 3.8) is 0 Å². The molecule has 1 unspecified atom stereocenters. The molecule has 1 aromatic carbocycles. The molecule has 1 heterocycles. The molecule has 2 N–H and O–H groups in total. The lowest BCUT2D eigenvalue weighted by Gasteiger charge is -2.35. The van der Waals surface area contributed by atoms with E-state index in [4.69, 9.17) is 9.73 Å². The molecule has 0 radical (unpaired) electrons. The number of rotatable bonds is 9. The van der Waals surface area contributed by atoms with Crippen molar-refractivity contribution in [3.8, 4) is 0 Å². The summed E-state index contributed by atoms with van der Waals surface area (Å²) in [6.45, 7) is 7.71. The Morgan fingerprint density at radius 2 is 2.08 bits per heavy atom. The minimum atomic E-state index is 0.531. The summed E-state index contributed by atoms with van der Waals surface area (Å²) < 4.78 is 5.10. The first-order valence-corrected chi connectivity index (χ1v) is 9.62. The van der Waals surface area contributed by atoms with E-state index in [0.29, 0.717) is 6.04 Å². The van der Waals surface area contributed by atoms with Crippen LogP contribution in [0.2, 0.25) is 0 Å². The molecule has 1 aromatic rings. The number of hydrogen-bond acceptors (Lipinski definition) is 3. The number of nitrogens with zero attached hydrogens (tertiary/aromatic N) is 2. The number of likely N-dealkylation sites (tertiary alicyclic amines) is 1. The number of hydrogen-bond donors (Lipinski definition) is 2. The molecule has 25 heavy (non-hydrogen) atoms. The topological polar surface area (TPSA) is 48.9 Å². The van der Waals surface area contributed by atoms with Gasteiger partial charge in [0.2, 0.25) is 0 Å². The standard InChI is InChI=1S/C20H34N4O/c1-3-21-20(22-13-9-15-25-2)23-16-19-12-7-8-14-24(19)17-18-10-5-4-6-11-18/h4-6,10-11,19H,3,7-9,12-17H2,1-2H3,(H2,21,22,23). The lowest BCUT2D eigenvalue weighted by atomic mass is 10.0. The third kappa shape index (κ3) is 7.45. The lowest BCUT2D eigenvalue weighted by Crippen LogP contribution is -2.43. The number of aliphatic imine (C=N–C) groups is 1. The fourth-order valence-corrected chi connectivity index (χ4v) is 3.25. The number of guanidine groups is 1. The van der Waals surface area contributed by atoms with Crippen LogP contribution in [0.1, 0.15) is 38.2 Å². The van der Waals surface area contributed by atoms with Crippen molar-refractivity contribution >= 4 is 5.96 Å². The summed E-state index contributed by atoms with van der Waals surface area (Å²) in [4.78, 5) is 7.43. The van der Waals surface area contributed by atoms with Gasteiger partial charge in [0, 0.05) is 39.4 Å². The zero-order valence-electron chi connectivity index (χ0n) is 15.8. The van der Waals surface area contributed by atoms with Crippen LogP contribution in [-0.4, -0.2) is 56.8 Å². The highest BCUT2D eigenvalue weighted by atomic mass is 16.5. The normalized spacial score (nSPS) is 19.0. The maximum Gasteiger partial charge on any atom is 0.191 e. The first kappa shape index (κ1) is 19.7. The van der Waals surface area contributed by atoms with E-state index in [1.165, 1.54) is 31.4 Å². The molecule has 2 rings (SSSR count). The van der Waals surface area contributed by atoms with E-state index < -0.39 is 0 Å². The summed E-state index contributed by atoms with van der Waals surface area (Å²) >= 11 is 0. The lowest BCUT2D eigenvalue weighted by molar-refractivity contribution is 0.145. The van der Waals surface area contributed by atoms with Crippen LogP contribution in [0.5, 0.6) is 0 Å². The van der Waals surface area contributed by atoms with Crippen molar-refractivity contribution in [2.45, 2.75) is 45.2 Å². The van der Waals surface area contributed by atoms with Gasteiger partial charge in [0.1, 0.15) is 0 Å². The van der Waals surface area contributed by atoms with Crippen LogP contribution in [0, 0.1) is 0 Å². The Balaban J connectivity index is 1.89. The van der Waals surface area contributed by atoms with Crippen LogP contribution in [0.15, 0.2) is 35.3 Å². The molecule has 0 saturated carbocycles. The maximum atomic E-state index is 5.10. The van der Waals surface area contributed by atoms with Gasteiger partial charge < -0.3 is 15.4 Å². The van der Waals surface area contributed by atoms with Gasteiger partial charge in [-0.25, -0.2) is 0 Å². The third-order valence-corrected chi connectivity index (χ3v) is 4.60. The first-order valence-electron chi connectivity index (χ1n) is 9.62. The van der Waals surface area contributed by atoms with E-state index in [2.05, 4.69) is 52.8 Å². The van der Waals surface area contributed by atoms with Gasteiger partial charge in [0.25, 0.3) is 0 Å². The van der Waals surface area contributed by atoms with Gasteiger partial charge in [0.15, 0.2) is 5.96 Å². The van der Waals surface area contributed by atoms with Crippen LogP contribution >= 0.6 is 0 Å². The smallest absolute Gasteiger partial charge is 0.191 e. The molecule has 0 bridgehead atoms. The van der Waals surface area contributed by atoms with Crippen molar-refractivity contribution in [2.24, 2.45) is 4.99 Å². The molecular weight excluding hydrogens is 312 g/mol. The zero-order chi connectivity index (χ0) is 17.7. The SMILES string of the molecule is CCNC(=NCC1CCCCN1Cc1ccccc1)NCCCOC. The van der Waals surface area contributed by atoms with Crippen molar-refractivity contribution in [1.29, 1.82) is 0 Å². The van der Waals surface area contributed by atoms with Crippen molar-refractivity contribution in [3.05, 3.63) is 35.9 Å². The Labute approximate surface area is 152 Å². The van der Waals surface area contributed by atoms with Crippen molar-refractivity contribution < 1.29 is 4.74 Å². The fourth-order valence-electron chi connectivity index (χ4n) is 3.25. The summed E-state index contributed by atoms with van der Waals surface area (Å²) in [7, 11) is 1.74. The molecule has 0 aliphatic carbocycles. The molecule has 1 fully saturated rings. The molecular formula is C20H34N4O. The monoisotopic (exact) mass is 346 g/mol. The van der Waals surface area contributed by atoms with Crippen molar-refractivity contribution in [2.75, 3.05) is 39.9 Å². The highest BCUT2D eigenvalue weighted by Gasteiger charge is 2.22. The summed E-state index contributed by atoms with van der Waals surface area (Å²) in [5, 5.41) is 6.74. The molecule has 1 aliphatic heterocycles. The summed E-state index contributed by atoms with van der Waals surface area (Å²) in [5.74, 6) is 0.920. The van der Waals surface area contributed by atoms with E-state index in [9.17, 15) is 0 Å². The van der Waals surface area contributed by atoms with Gasteiger partial charge in [-0.2, -0.15) is 0 Å². The molecule has 1 saturated heterocycles. The maximum absolute atomic E-state index is 5.10. The van der Waals surface area contributed by atoms with Crippen LogP contribution in [0.3, 0.4) is 0 Å². The van der Waals surface area contributed by atoms with E-state index in [1.54, 1.807) is 7.11 Å². The van der Waals surface area contributed by atoms with Gasteiger partial charge in [-0.05, 0) is 38.3 Å². The predicted octanol–water partition coefficient (Wildman–Crippen LogP) is 2.63. The second-order valence-corrected chi connectivity index (χ2v) is 6.60. The summed E-state index contributed by atoms with van der Waals surface area (Å²) in [6, 6.07) is 11.3. The predicted molar refractivity (Wildman–Crippen MR) is 105 cm³/mol. The van der Waals surface area contributed by atoms with Crippen LogP contribution in [-0.2, 0) is 11.3 Å². The van der Waals surface area contributed by atoms with Gasteiger partial charge in [-0.3, -0.25) is 9.89 Å². The van der Waals surface area contributed by atoms with Crippen LogP contribution in [0.25, 0.3) is 0 Å². The molecule has 0 spiro atoms. The molecule has 0 aromatic heterocycles. The quantitative estimate of drug-likeness (QED) is 0.410. The van der Waals surface area contributed by atoms with Gasteiger partial charge in [-0.1, -0.05) is 36.8 Å². The first-order chi connectivity index (χ1) is 12.3. The number of ether oxygens (including phenoxy) is 1. The second kappa shape index (κ2) is 11.9. The minimum absolute atomic E-state index is 0.531. The Kier molecular flexibility index (Phi) is 9.37.